The normalized spacial score (nSPS) is 29.6. The molecule has 0 aliphatic carbocycles. The molecule has 2 aliphatic rings. The van der Waals surface area contributed by atoms with Gasteiger partial charge in [0.2, 0.25) is 0 Å². The standard InChI is InChI=1S/C18H29N3O8/c1-17(2,9-25-5)15(22)26-8-10-12-13(29-18(3,4)28-12)14(27-10)21-7-6-11(20-24)19-16(21)23/h6-7,10,12-15,22,24H,8-9H2,1-5H3,(H,19,20,23)/t10-,12-,13-,14-,15?/m1/s1. The number of ether oxygens (including phenoxy) is 5. The van der Waals surface area contributed by atoms with E-state index in [2.05, 4.69) is 4.98 Å². The van der Waals surface area contributed by atoms with Crippen molar-refractivity contribution in [3.8, 4) is 0 Å². The van der Waals surface area contributed by atoms with Crippen molar-refractivity contribution in [1.29, 1.82) is 0 Å². The van der Waals surface area contributed by atoms with Gasteiger partial charge in [-0.3, -0.25) is 15.3 Å². The summed E-state index contributed by atoms with van der Waals surface area (Å²) in [7, 11) is 1.55. The summed E-state index contributed by atoms with van der Waals surface area (Å²) in [5, 5.41) is 19.3. The van der Waals surface area contributed by atoms with Crippen LogP contribution in [-0.4, -0.2) is 70.6 Å². The lowest BCUT2D eigenvalue weighted by Crippen LogP contribution is -2.40. The molecule has 1 aromatic rings. The zero-order chi connectivity index (χ0) is 21.4. The van der Waals surface area contributed by atoms with E-state index in [1.165, 1.54) is 16.8 Å². The van der Waals surface area contributed by atoms with Crippen molar-refractivity contribution in [3.63, 3.8) is 0 Å². The van der Waals surface area contributed by atoms with E-state index in [0.717, 1.165) is 0 Å². The summed E-state index contributed by atoms with van der Waals surface area (Å²) in [6, 6.07) is 1.43. The van der Waals surface area contributed by atoms with Gasteiger partial charge in [0.25, 0.3) is 0 Å². The first-order valence-electron chi connectivity index (χ1n) is 9.37. The maximum absolute atomic E-state index is 12.4. The van der Waals surface area contributed by atoms with Crippen LogP contribution in [0.1, 0.15) is 33.9 Å². The van der Waals surface area contributed by atoms with Gasteiger partial charge < -0.3 is 28.8 Å². The van der Waals surface area contributed by atoms with Crippen LogP contribution in [0.2, 0.25) is 0 Å². The van der Waals surface area contributed by atoms with Gasteiger partial charge in [0.05, 0.1) is 13.2 Å². The first-order chi connectivity index (χ1) is 13.6. The minimum absolute atomic E-state index is 0.0214. The SMILES string of the molecule is COCC(C)(C)C(O)OC[C@H]1O[C@@H](n2ccc(NO)nc2=O)[C@@H]2OC(C)(C)O[C@@H]21. The fourth-order valence-electron chi connectivity index (χ4n) is 3.54. The van der Waals surface area contributed by atoms with Crippen LogP contribution in [0.15, 0.2) is 17.1 Å². The number of rotatable bonds is 8. The van der Waals surface area contributed by atoms with Crippen molar-refractivity contribution >= 4 is 5.82 Å². The molecule has 0 amide bonds. The van der Waals surface area contributed by atoms with Gasteiger partial charge >= 0.3 is 5.69 Å². The van der Waals surface area contributed by atoms with Gasteiger partial charge in [0.1, 0.15) is 18.3 Å². The monoisotopic (exact) mass is 415 g/mol. The van der Waals surface area contributed by atoms with Crippen LogP contribution in [0.4, 0.5) is 5.82 Å². The third-order valence-corrected chi connectivity index (χ3v) is 4.95. The average Bonchev–Trinajstić information content (AvgIpc) is 3.12. The van der Waals surface area contributed by atoms with Crippen LogP contribution in [-0.2, 0) is 23.7 Å². The first kappa shape index (κ1) is 22.1. The molecule has 29 heavy (non-hydrogen) atoms. The second-order valence-electron chi connectivity index (χ2n) is 8.35. The van der Waals surface area contributed by atoms with E-state index in [9.17, 15) is 9.90 Å². The van der Waals surface area contributed by atoms with E-state index in [1.807, 2.05) is 19.3 Å². The van der Waals surface area contributed by atoms with Crippen molar-refractivity contribution in [2.24, 2.45) is 5.41 Å². The predicted octanol–water partition coefficient (Wildman–Crippen LogP) is 0.470. The Bertz CT molecular complexity index is 768. The fraction of sp³-hybridized carbons (Fsp3) is 0.778. The van der Waals surface area contributed by atoms with Crippen molar-refractivity contribution in [3.05, 3.63) is 22.7 Å². The Balaban J connectivity index is 1.77. The Kier molecular flexibility index (Phi) is 6.30. The van der Waals surface area contributed by atoms with Gasteiger partial charge in [-0.15, -0.1) is 0 Å². The second kappa shape index (κ2) is 8.26. The average molecular weight is 415 g/mol. The number of methoxy groups -OCH3 is 1. The summed E-state index contributed by atoms with van der Waals surface area (Å²) in [5.41, 5.74) is 0.592. The third-order valence-electron chi connectivity index (χ3n) is 4.95. The fourth-order valence-corrected chi connectivity index (χ4v) is 3.54. The first-order valence-corrected chi connectivity index (χ1v) is 9.37. The summed E-state index contributed by atoms with van der Waals surface area (Å²) < 4.78 is 30.0. The van der Waals surface area contributed by atoms with Crippen LogP contribution in [0.3, 0.4) is 0 Å². The molecule has 5 atom stereocenters. The van der Waals surface area contributed by atoms with E-state index in [4.69, 9.17) is 28.9 Å². The maximum atomic E-state index is 12.4. The number of aliphatic hydroxyl groups excluding tert-OH is 1. The number of aliphatic hydroxyl groups is 1. The lowest BCUT2D eigenvalue weighted by molar-refractivity contribution is -0.225. The van der Waals surface area contributed by atoms with Crippen LogP contribution in [0.25, 0.3) is 0 Å². The number of nitrogens with one attached hydrogen (secondary N) is 1. The molecule has 0 saturated carbocycles. The van der Waals surface area contributed by atoms with Crippen molar-refractivity contribution < 1.29 is 34.0 Å². The molecule has 0 radical (unpaired) electrons. The summed E-state index contributed by atoms with van der Waals surface area (Å²) in [6.45, 7) is 7.54. The van der Waals surface area contributed by atoms with Crippen LogP contribution in [0, 0.1) is 5.41 Å². The Labute approximate surface area is 168 Å². The quantitative estimate of drug-likeness (QED) is 0.406. The Morgan fingerprint density at radius 1 is 1.38 bits per heavy atom. The van der Waals surface area contributed by atoms with E-state index in [-0.39, 0.29) is 12.4 Å². The molecule has 0 spiro atoms. The minimum atomic E-state index is -1.09. The Hall–Kier alpha value is -1.60. The van der Waals surface area contributed by atoms with Crippen LogP contribution >= 0.6 is 0 Å². The molecule has 3 heterocycles. The molecule has 11 nitrogen and oxygen atoms in total. The van der Waals surface area contributed by atoms with E-state index in [1.54, 1.807) is 21.0 Å². The second-order valence-corrected chi connectivity index (χ2v) is 8.35. The van der Waals surface area contributed by atoms with Gasteiger partial charge in [-0.1, -0.05) is 13.8 Å². The molecule has 0 bridgehead atoms. The number of hydrogen-bond acceptors (Lipinski definition) is 10. The van der Waals surface area contributed by atoms with Crippen molar-refractivity contribution in [2.75, 3.05) is 25.8 Å². The number of fused-ring (bicyclic) bond motifs is 1. The molecule has 2 fully saturated rings. The Morgan fingerprint density at radius 2 is 2.07 bits per heavy atom. The lowest BCUT2D eigenvalue weighted by atomic mass is 9.94. The number of aromatic nitrogens is 2. The topological polar surface area (TPSA) is 134 Å². The summed E-state index contributed by atoms with van der Waals surface area (Å²) >= 11 is 0. The minimum Gasteiger partial charge on any atom is -0.384 e. The highest BCUT2D eigenvalue weighted by molar-refractivity contribution is 5.28. The molecule has 1 unspecified atom stereocenters. The zero-order valence-electron chi connectivity index (χ0n) is 17.2. The molecule has 1 aromatic heterocycles. The van der Waals surface area contributed by atoms with E-state index >= 15 is 0 Å². The van der Waals surface area contributed by atoms with Gasteiger partial charge in [-0.05, 0) is 19.9 Å². The number of nitrogens with zero attached hydrogens (tertiary/aromatic N) is 2. The van der Waals surface area contributed by atoms with E-state index < -0.39 is 47.7 Å². The smallest absolute Gasteiger partial charge is 0.351 e. The molecule has 11 heteroatoms. The van der Waals surface area contributed by atoms with Gasteiger partial charge in [-0.2, -0.15) is 4.98 Å². The summed E-state index contributed by atoms with van der Waals surface area (Å²) in [5.74, 6) is -0.846. The highest BCUT2D eigenvalue weighted by Crippen LogP contribution is 2.42. The highest BCUT2D eigenvalue weighted by atomic mass is 16.8. The molecule has 3 rings (SSSR count). The van der Waals surface area contributed by atoms with Gasteiger partial charge in [-0.25, -0.2) is 4.79 Å². The van der Waals surface area contributed by atoms with Gasteiger partial charge in [0, 0.05) is 18.7 Å². The molecular formula is C18H29N3O8. The maximum Gasteiger partial charge on any atom is 0.351 e. The van der Waals surface area contributed by atoms with Crippen LogP contribution in [0.5, 0.6) is 0 Å². The molecule has 2 aliphatic heterocycles. The third kappa shape index (κ3) is 4.61. The van der Waals surface area contributed by atoms with Crippen LogP contribution < -0.4 is 11.2 Å². The van der Waals surface area contributed by atoms with Gasteiger partial charge in [0.15, 0.2) is 24.1 Å². The molecule has 3 N–H and O–H groups in total. The van der Waals surface area contributed by atoms with Crippen molar-refractivity contribution in [1.82, 2.24) is 9.55 Å². The molecule has 0 aromatic carbocycles. The number of anilines is 1. The molecular weight excluding hydrogens is 386 g/mol. The number of hydrogen-bond donors (Lipinski definition) is 3. The predicted molar refractivity (Wildman–Crippen MR) is 99.3 cm³/mol. The van der Waals surface area contributed by atoms with Crippen molar-refractivity contribution in [2.45, 2.75) is 64.3 Å². The largest absolute Gasteiger partial charge is 0.384 e. The Morgan fingerprint density at radius 3 is 2.69 bits per heavy atom. The summed E-state index contributed by atoms with van der Waals surface area (Å²) in [6.07, 6.45) is -2.09. The highest BCUT2D eigenvalue weighted by Gasteiger charge is 2.56. The molecule has 2 saturated heterocycles. The zero-order valence-corrected chi connectivity index (χ0v) is 17.2. The van der Waals surface area contributed by atoms with E-state index in [0.29, 0.717) is 6.61 Å². The molecule has 164 valence electrons. The summed E-state index contributed by atoms with van der Waals surface area (Å²) in [4.78, 5) is 16.1. The lowest BCUT2D eigenvalue weighted by Gasteiger charge is -2.31.